The minimum atomic E-state index is -4.35. The molecule has 0 saturated heterocycles. The lowest BCUT2D eigenvalue weighted by molar-refractivity contribution is -0.154. The largest absolute Gasteiger partial charge is 0.454 e. The summed E-state index contributed by atoms with van der Waals surface area (Å²) in [5, 5.41) is 0. The van der Waals surface area contributed by atoms with Gasteiger partial charge in [0.15, 0.2) is 6.61 Å². The zero-order chi connectivity index (χ0) is 9.90. The predicted molar refractivity (Wildman–Crippen MR) is 38.3 cm³/mol. The molecule has 0 bridgehead atoms. The number of nitrogens with zero attached hydrogens (tertiary/aromatic N) is 2. The Labute approximate surface area is 72.6 Å². The van der Waals surface area contributed by atoms with E-state index in [2.05, 4.69) is 14.7 Å². The van der Waals surface area contributed by atoms with Crippen molar-refractivity contribution in [1.82, 2.24) is 9.97 Å². The molecule has 72 valence electrons. The lowest BCUT2D eigenvalue weighted by atomic mass is 10.4. The summed E-state index contributed by atoms with van der Waals surface area (Å²) in [6.45, 7) is 0.365. The molecule has 1 aromatic rings. The highest BCUT2D eigenvalue weighted by molar-refractivity contribution is 5.04. The summed E-state index contributed by atoms with van der Waals surface area (Å²) in [5.41, 5.74) is 0.763. The topological polar surface area (TPSA) is 35.0 Å². The molecule has 1 rings (SSSR count). The van der Waals surface area contributed by atoms with E-state index in [0.29, 0.717) is 0 Å². The van der Waals surface area contributed by atoms with Crippen LogP contribution in [0.3, 0.4) is 0 Å². The standard InChI is InChI=1S/C7H7F3N2O/c1-5-2-11-6(12-3-5)13-4-7(8,9)10/h2-3H,4H2,1H3. The molecule has 0 fully saturated rings. The second-order valence-electron chi connectivity index (χ2n) is 2.45. The summed E-state index contributed by atoms with van der Waals surface area (Å²) in [5.74, 6) is 0. The van der Waals surface area contributed by atoms with Gasteiger partial charge in [0.1, 0.15) is 0 Å². The van der Waals surface area contributed by atoms with Crippen LogP contribution in [0.2, 0.25) is 0 Å². The maximum Gasteiger partial charge on any atom is 0.422 e. The molecule has 3 nitrogen and oxygen atoms in total. The van der Waals surface area contributed by atoms with Crippen LogP contribution in [0.15, 0.2) is 12.4 Å². The highest BCUT2D eigenvalue weighted by atomic mass is 19.4. The Bertz CT molecular complexity index is 270. The smallest absolute Gasteiger partial charge is 0.422 e. The van der Waals surface area contributed by atoms with Crippen molar-refractivity contribution >= 4 is 0 Å². The van der Waals surface area contributed by atoms with Gasteiger partial charge in [-0.1, -0.05) is 0 Å². The molecule has 0 N–H and O–H groups in total. The molecule has 1 aromatic heterocycles. The number of aryl methyl sites for hydroxylation is 1. The van der Waals surface area contributed by atoms with Crippen molar-refractivity contribution in [3.8, 4) is 6.01 Å². The van der Waals surface area contributed by atoms with Gasteiger partial charge in [-0.25, -0.2) is 9.97 Å². The molecule has 0 aliphatic heterocycles. The van der Waals surface area contributed by atoms with Crippen LogP contribution >= 0.6 is 0 Å². The van der Waals surface area contributed by atoms with Crippen molar-refractivity contribution in [3.63, 3.8) is 0 Å². The van der Waals surface area contributed by atoms with Gasteiger partial charge >= 0.3 is 12.2 Å². The highest BCUT2D eigenvalue weighted by Crippen LogP contribution is 2.15. The maximum atomic E-state index is 11.6. The third-order valence-corrected chi connectivity index (χ3v) is 1.12. The van der Waals surface area contributed by atoms with E-state index in [4.69, 9.17) is 0 Å². The van der Waals surface area contributed by atoms with E-state index in [1.807, 2.05) is 0 Å². The van der Waals surface area contributed by atoms with Gasteiger partial charge in [-0.15, -0.1) is 0 Å². The first-order chi connectivity index (χ1) is 5.97. The van der Waals surface area contributed by atoms with Gasteiger partial charge in [0.25, 0.3) is 0 Å². The molecule has 0 spiro atoms. The highest BCUT2D eigenvalue weighted by Gasteiger charge is 2.28. The zero-order valence-corrected chi connectivity index (χ0v) is 6.80. The van der Waals surface area contributed by atoms with E-state index in [1.165, 1.54) is 12.4 Å². The van der Waals surface area contributed by atoms with E-state index in [0.717, 1.165) is 5.56 Å². The Morgan fingerprint density at radius 3 is 2.31 bits per heavy atom. The number of hydrogen-bond donors (Lipinski definition) is 0. The quantitative estimate of drug-likeness (QED) is 0.715. The van der Waals surface area contributed by atoms with Crippen molar-refractivity contribution < 1.29 is 17.9 Å². The Balaban J connectivity index is 2.51. The van der Waals surface area contributed by atoms with Crippen molar-refractivity contribution in [1.29, 1.82) is 0 Å². The summed E-state index contributed by atoms with van der Waals surface area (Å²) in [4.78, 5) is 7.10. The van der Waals surface area contributed by atoms with E-state index in [1.54, 1.807) is 6.92 Å². The lowest BCUT2D eigenvalue weighted by Crippen LogP contribution is -2.20. The molecule has 0 saturated carbocycles. The van der Waals surface area contributed by atoms with Crippen LogP contribution in [-0.2, 0) is 0 Å². The van der Waals surface area contributed by atoms with Crippen LogP contribution in [0, 0.1) is 6.92 Å². The van der Waals surface area contributed by atoms with Crippen LogP contribution in [0.1, 0.15) is 5.56 Å². The zero-order valence-electron chi connectivity index (χ0n) is 6.80. The molecule has 0 atom stereocenters. The Morgan fingerprint density at radius 1 is 1.31 bits per heavy atom. The van der Waals surface area contributed by atoms with Gasteiger partial charge in [0.2, 0.25) is 0 Å². The summed E-state index contributed by atoms with van der Waals surface area (Å²) in [6.07, 6.45) is -1.58. The fraction of sp³-hybridized carbons (Fsp3) is 0.429. The molecule has 0 unspecified atom stereocenters. The summed E-state index contributed by atoms with van der Waals surface area (Å²) in [6, 6.07) is -0.261. The lowest BCUT2D eigenvalue weighted by Gasteiger charge is -2.06. The van der Waals surface area contributed by atoms with E-state index in [9.17, 15) is 13.2 Å². The van der Waals surface area contributed by atoms with Crippen LogP contribution in [0.5, 0.6) is 6.01 Å². The van der Waals surface area contributed by atoms with Crippen LogP contribution in [0.25, 0.3) is 0 Å². The Hall–Kier alpha value is -1.33. The number of halogens is 3. The number of hydrogen-bond acceptors (Lipinski definition) is 3. The average molecular weight is 192 g/mol. The molecule has 6 heteroatoms. The third-order valence-electron chi connectivity index (χ3n) is 1.12. The summed E-state index contributed by atoms with van der Waals surface area (Å²) in [7, 11) is 0. The first-order valence-electron chi connectivity index (χ1n) is 3.45. The van der Waals surface area contributed by atoms with Gasteiger partial charge in [-0.3, -0.25) is 0 Å². The van der Waals surface area contributed by atoms with Crippen LogP contribution in [-0.4, -0.2) is 22.8 Å². The van der Waals surface area contributed by atoms with E-state index < -0.39 is 12.8 Å². The van der Waals surface area contributed by atoms with Gasteiger partial charge < -0.3 is 4.74 Å². The van der Waals surface area contributed by atoms with Crippen LogP contribution < -0.4 is 4.74 Å². The van der Waals surface area contributed by atoms with E-state index >= 15 is 0 Å². The van der Waals surface area contributed by atoms with Crippen molar-refractivity contribution in [3.05, 3.63) is 18.0 Å². The molecule has 0 aliphatic carbocycles. The summed E-state index contributed by atoms with van der Waals surface area (Å²) >= 11 is 0. The second kappa shape index (κ2) is 3.59. The Morgan fingerprint density at radius 2 is 1.85 bits per heavy atom. The van der Waals surface area contributed by atoms with Gasteiger partial charge in [-0.2, -0.15) is 13.2 Å². The fourth-order valence-electron chi connectivity index (χ4n) is 0.602. The molecule has 0 amide bonds. The minimum Gasteiger partial charge on any atom is -0.454 e. The first-order valence-corrected chi connectivity index (χ1v) is 3.45. The number of rotatable bonds is 2. The fourth-order valence-corrected chi connectivity index (χ4v) is 0.602. The molecule has 0 aliphatic rings. The van der Waals surface area contributed by atoms with Crippen LogP contribution in [0.4, 0.5) is 13.2 Å². The molecule has 13 heavy (non-hydrogen) atoms. The number of ether oxygens (including phenoxy) is 1. The minimum absolute atomic E-state index is 0.261. The number of aromatic nitrogens is 2. The average Bonchev–Trinajstić information content (AvgIpc) is 2.02. The molecule has 1 heterocycles. The molecular formula is C7H7F3N2O. The molecule has 0 radical (unpaired) electrons. The Kier molecular flexibility index (Phi) is 2.69. The van der Waals surface area contributed by atoms with E-state index in [-0.39, 0.29) is 6.01 Å². The number of alkyl halides is 3. The predicted octanol–water partition coefficient (Wildman–Crippen LogP) is 1.73. The third kappa shape index (κ3) is 3.73. The maximum absolute atomic E-state index is 11.6. The second-order valence-corrected chi connectivity index (χ2v) is 2.45. The van der Waals surface area contributed by atoms with Crippen molar-refractivity contribution in [2.75, 3.05) is 6.61 Å². The summed E-state index contributed by atoms with van der Waals surface area (Å²) < 4.78 is 39.2. The SMILES string of the molecule is Cc1cnc(OCC(F)(F)F)nc1. The van der Waals surface area contributed by atoms with Gasteiger partial charge in [-0.05, 0) is 12.5 Å². The molecule has 0 aromatic carbocycles. The van der Waals surface area contributed by atoms with Crippen molar-refractivity contribution in [2.24, 2.45) is 0 Å². The monoisotopic (exact) mass is 192 g/mol. The molecular weight excluding hydrogens is 185 g/mol. The first kappa shape index (κ1) is 9.76. The van der Waals surface area contributed by atoms with Gasteiger partial charge in [0, 0.05) is 12.4 Å². The van der Waals surface area contributed by atoms with Gasteiger partial charge in [0.05, 0.1) is 0 Å². The van der Waals surface area contributed by atoms with Crippen molar-refractivity contribution in [2.45, 2.75) is 13.1 Å². The normalized spacial score (nSPS) is 11.4.